The molecule has 0 aliphatic heterocycles. The number of aromatic nitrogens is 4. The van der Waals surface area contributed by atoms with Gasteiger partial charge in [-0.3, -0.25) is 5.32 Å². The van der Waals surface area contributed by atoms with E-state index in [9.17, 15) is 4.79 Å². The van der Waals surface area contributed by atoms with Crippen molar-refractivity contribution in [1.82, 2.24) is 19.6 Å². The van der Waals surface area contributed by atoms with Crippen LogP contribution in [0.15, 0.2) is 42.7 Å². The number of ether oxygens (including phenoxy) is 1. The van der Waals surface area contributed by atoms with Crippen LogP contribution < -0.4 is 5.32 Å². The molecule has 3 aromatic rings. The molecule has 1 aromatic carbocycles. The molecule has 7 nitrogen and oxygen atoms in total. The largest absolute Gasteiger partial charge is 0.444 e. The summed E-state index contributed by atoms with van der Waals surface area (Å²) in [6.45, 7) is 0.173. The Kier molecular flexibility index (Phi) is 3.65. The molecule has 0 saturated carbocycles. The van der Waals surface area contributed by atoms with E-state index in [2.05, 4.69) is 20.4 Å². The number of hydrogen-bond acceptors (Lipinski definition) is 5. The van der Waals surface area contributed by atoms with Crippen LogP contribution in [0.25, 0.3) is 5.78 Å². The summed E-state index contributed by atoms with van der Waals surface area (Å²) in [5.74, 6) is 0.626. The van der Waals surface area contributed by atoms with Crippen LogP contribution in [0.3, 0.4) is 0 Å². The Morgan fingerprint density at radius 2 is 2.14 bits per heavy atom. The molecule has 1 N–H and O–H groups in total. The van der Waals surface area contributed by atoms with E-state index in [-0.39, 0.29) is 11.8 Å². The first kappa shape index (κ1) is 13.3. The van der Waals surface area contributed by atoms with Crippen molar-refractivity contribution >= 4 is 29.3 Å². The Bertz CT molecular complexity index is 775. The second kappa shape index (κ2) is 5.76. The van der Waals surface area contributed by atoms with Crippen molar-refractivity contribution in [2.45, 2.75) is 6.61 Å². The number of hydrogen-bond donors (Lipinski definition) is 1. The summed E-state index contributed by atoms with van der Waals surface area (Å²) >= 11 is 5.85. The fourth-order valence-electron chi connectivity index (χ4n) is 1.74. The average Bonchev–Trinajstić information content (AvgIpc) is 2.94. The Morgan fingerprint density at radius 3 is 2.95 bits per heavy atom. The van der Waals surface area contributed by atoms with Gasteiger partial charge in [0, 0.05) is 6.07 Å². The lowest BCUT2D eigenvalue weighted by Crippen LogP contribution is -2.16. The predicted molar refractivity (Wildman–Crippen MR) is 76.0 cm³/mol. The Balaban J connectivity index is 1.70. The zero-order valence-electron chi connectivity index (χ0n) is 10.7. The lowest BCUT2D eigenvalue weighted by atomic mass is 10.2. The first-order valence-electron chi connectivity index (χ1n) is 6.06. The van der Waals surface area contributed by atoms with E-state index >= 15 is 0 Å². The van der Waals surface area contributed by atoms with Crippen molar-refractivity contribution in [2.24, 2.45) is 0 Å². The van der Waals surface area contributed by atoms with Crippen molar-refractivity contribution in [2.75, 3.05) is 5.32 Å². The van der Waals surface area contributed by atoms with Gasteiger partial charge < -0.3 is 4.74 Å². The summed E-state index contributed by atoms with van der Waals surface area (Å²) in [6, 6.07) is 10.8. The lowest BCUT2D eigenvalue weighted by molar-refractivity contribution is 0.155. The molecule has 3 rings (SSSR count). The number of rotatable bonds is 3. The van der Waals surface area contributed by atoms with Crippen molar-refractivity contribution in [3.8, 4) is 0 Å². The van der Waals surface area contributed by atoms with Gasteiger partial charge in [-0.1, -0.05) is 41.9 Å². The second-order valence-corrected chi connectivity index (χ2v) is 4.51. The van der Waals surface area contributed by atoms with E-state index in [1.165, 1.54) is 16.9 Å². The SMILES string of the molecule is O=C(Nc1cc(Cl)nc2ncnn12)OCc1ccccc1. The average molecular weight is 304 g/mol. The molecule has 106 valence electrons. The number of fused-ring (bicyclic) bond motifs is 1. The highest BCUT2D eigenvalue weighted by Crippen LogP contribution is 2.14. The van der Waals surface area contributed by atoms with E-state index < -0.39 is 6.09 Å². The molecule has 2 aromatic heterocycles. The molecule has 21 heavy (non-hydrogen) atoms. The minimum Gasteiger partial charge on any atom is -0.444 e. The summed E-state index contributed by atoms with van der Waals surface area (Å²) in [4.78, 5) is 19.7. The smallest absolute Gasteiger partial charge is 0.413 e. The third kappa shape index (κ3) is 3.09. The maximum absolute atomic E-state index is 11.8. The molecule has 1 amide bonds. The Morgan fingerprint density at radius 1 is 1.33 bits per heavy atom. The standard InChI is InChI=1S/C13H10ClN5O2/c14-10-6-11(19-12(17-10)15-8-16-19)18-13(20)21-7-9-4-2-1-3-5-9/h1-6,8H,7H2,(H,18,20). The third-order valence-corrected chi connectivity index (χ3v) is 2.86. The van der Waals surface area contributed by atoms with E-state index in [1.54, 1.807) is 0 Å². The highest BCUT2D eigenvalue weighted by molar-refractivity contribution is 6.29. The highest BCUT2D eigenvalue weighted by atomic mass is 35.5. The quantitative estimate of drug-likeness (QED) is 0.752. The highest BCUT2D eigenvalue weighted by Gasteiger charge is 2.10. The van der Waals surface area contributed by atoms with Crippen LogP contribution >= 0.6 is 11.6 Å². The minimum absolute atomic E-state index is 0.173. The van der Waals surface area contributed by atoms with Gasteiger partial charge in [0.05, 0.1) is 0 Å². The van der Waals surface area contributed by atoms with Gasteiger partial charge >= 0.3 is 6.09 Å². The second-order valence-electron chi connectivity index (χ2n) is 4.12. The van der Waals surface area contributed by atoms with E-state index in [0.29, 0.717) is 11.6 Å². The van der Waals surface area contributed by atoms with Crippen LogP contribution in [0, 0.1) is 0 Å². The van der Waals surface area contributed by atoms with Crippen molar-refractivity contribution in [3.05, 3.63) is 53.4 Å². The molecule has 8 heteroatoms. The number of carbonyl (C=O) groups excluding carboxylic acids is 1. The number of benzene rings is 1. The van der Waals surface area contributed by atoms with Crippen molar-refractivity contribution < 1.29 is 9.53 Å². The Hall–Kier alpha value is -2.67. The van der Waals surface area contributed by atoms with Gasteiger partial charge in [0.2, 0.25) is 0 Å². The lowest BCUT2D eigenvalue weighted by Gasteiger charge is -2.08. The van der Waals surface area contributed by atoms with Crippen LogP contribution in [-0.2, 0) is 11.3 Å². The molecule has 0 aliphatic carbocycles. The molecule has 0 spiro atoms. The number of anilines is 1. The number of carbonyl (C=O) groups is 1. The molecule has 2 heterocycles. The topological polar surface area (TPSA) is 81.4 Å². The first-order chi connectivity index (χ1) is 10.2. The maximum Gasteiger partial charge on any atom is 0.413 e. The van der Waals surface area contributed by atoms with Gasteiger partial charge in [0.1, 0.15) is 23.9 Å². The van der Waals surface area contributed by atoms with Gasteiger partial charge in [-0.2, -0.15) is 19.6 Å². The van der Waals surface area contributed by atoms with Crippen molar-refractivity contribution in [3.63, 3.8) is 0 Å². The summed E-state index contributed by atoms with van der Waals surface area (Å²) in [5, 5.41) is 6.70. The molecule has 0 bridgehead atoms. The molecule has 0 unspecified atom stereocenters. The monoisotopic (exact) mass is 303 g/mol. The van der Waals surface area contributed by atoms with E-state index in [1.807, 2.05) is 30.3 Å². The van der Waals surface area contributed by atoms with Gasteiger partial charge in [-0.25, -0.2) is 4.79 Å². The van der Waals surface area contributed by atoms with Crippen LogP contribution in [0.4, 0.5) is 10.6 Å². The summed E-state index contributed by atoms with van der Waals surface area (Å²) in [7, 11) is 0. The molecular formula is C13H10ClN5O2. The molecule has 0 atom stereocenters. The summed E-state index contributed by atoms with van der Waals surface area (Å²) < 4.78 is 6.48. The van der Waals surface area contributed by atoms with Gasteiger partial charge in [0.15, 0.2) is 0 Å². The van der Waals surface area contributed by atoms with E-state index in [4.69, 9.17) is 16.3 Å². The van der Waals surface area contributed by atoms with Crippen LogP contribution in [0.2, 0.25) is 5.15 Å². The normalized spacial score (nSPS) is 10.5. The van der Waals surface area contributed by atoms with Gasteiger partial charge in [-0.15, -0.1) is 0 Å². The van der Waals surface area contributed by atoms with Crippen LogP contribution in [-0.4, -0.2) is 25.7 Å². The first-order valence-corrected chi connectivity index (χ1v) is 6.44. The van der Waals surface area contributed by atoms with Gasteiger partial charge in [-0.05, 0) is 5.56 Å². The molecule has 0 aliphatic rings. The zero-order valence-corrected chi connectivity index (χ0v) is 11.5. The molecule has 0 saturated heterocycles. The Labute approximate surface area is 124 Å². The van der Waals surface area contributed by atoms with Crippen molar-refractivity contribution in [1.29, 1.82) is 0 Å². The third-order valence-electron chi connectivity index (χ3n) is 2.66. The summed E-state index contributed by atoms with van der Waals surface area (Å²) in [5.41, 5.74) is 0.895. The predicted octanol–water partition coefficient (Wildman–Crippen LogP) is 2.53. The maximum atomic E-state index is 11.8. The molecule has 0 fully saturated rings. The zero-order chi connectivity index (χ0) is 14.7. The molecule has 0 radical (unpaired) electrons. The number of nitrogens with one attached hydrogen (secondary N) is 1. The molecular weight excluding hydrogens is 294 g/mol. The van der Waals surface area contributed by atoms with Crippen LogP contribution in [0.1, 0.15) is 5.56 Å². The number of halogens is 1. The van der Waals surface area contributed by atoms with E-state index in [0.717, 1.165) is 5.56 Å². The minimum atomic E-state index is -0.613. The fourth-order valence-corrected chi connectivity index (χ4v) is 1.92. The number of nitrogens with zero attached hydrogens (tertiary/aromatic N) is 4. The van der Waals surface area contributed by atoms with Crippen LogP contribution in [0.5, 0.6) is 0 Å². The van der Waals surface area contributed by atoms with Gasteiger partial charge in [0.25, 0.3) is 5.78 Å². The number of amides is 1. The summed E-state index contributed by atoms with van der Waals surface area (Å²) in [6.07, 6.45) is 0.706. The fraction of sp³-hybridized carbons (Fsp3) is 0.0769.